The van der Waals surface area contributed by atoms with Crippen LogP contribution in [0.2, 0.25) is 0 Å². The van der Waals surface area contributed by atoms with E-state index in [1.165, 1.54) is 0 Å². The maximum Gasteiger partial charge on any atom is 0.326 e. The summed E-state index contributed by atoms with van der Waals surface area (Å²) in [5.41, 5.74) is 1.08. The van der Waals surface area contributed by atoms with Gasteiger partial charge in [0.1, 0.15) is 6.04 Å². The van der Waals surface area contributed by atoms with E-state index in [1.807, 2.05) is 30.3 Å². The molecule has 0 heterocycles. The van der Waals surface area contributed by atoms with Crippen molar-refractivity contribution in [2.24, 2.45) is 0 Å². The molecule has 0 fully saturated rings. The first kappa shape index (κ1) is 17.6. The fraction of sp³-hybridized carbons (Fsp3) is 0.500. The fourth-order valence-corrected chi connectivity index (χ4v) is 2.77. The summed E-state index contributed by atoms with van der Waals surface area (Å²) in [5, 5.41) is 11.8. The topological polar surface area (TPSA) is 66.4 Å². The van der Waals surface area contributed by atoms with Gasteiger partial charge in [0.05, 0.1) is 5.75 Å². The predicted octanol–water partition coefficient (Wildman–Crippen LogP) is 2.72. The van der Waals surface area contributed by atoms with Crippen LogP contribution in [-0.4, -0.2) is 34.5 Å². The highest BCUT2D eigenvalue weighted by molar-refractivity contribution is 7.99. The van der Waals surface area contributed by atoms with Crippen molar-refractivity contribution in [1.29, 1.82) is 0 Å². The number of amides is 1. The third kappa shape index (κ3) is 7.75. The summed E-state index contributed by atoms with van der Waals surface area (Å²) in [6.07, 6.45) is 3.23. The van der Waals surface area contributed by atoms with Crippen molar-refractivity contribution < 1.29 is 14.7 Å². The molecule has 0 bridgehead atoms. The maximum atomic E-state index is 11.7. The quantitative estimate of drug-likeness (QED) is 0.652. The summed E-state index contributed by atoms with van der Waals surface area (Å²) in [4.78, 5) is 22.9. The van der Waals surface area contributed by atoms with E-state index in [0.717, 1.165) is 24.2 Å². The van der Waals surface area contributed by atoms with Crippen LogP contribution in [0.4, 0.5) is 0 Å². The minimum absolute atomic E-state index is 0.198. The number of nitrogens with one attached hydrogen (secondary N) is 1. The molecule has 0 radical (unpaired) electrons. The van der Waals surface area contributed by atoms with Crippen LogP contribution < -0.4 is 5.32 Å². The summed E-state index contributed by atoms with van der Waals surface area (Å²) < 4.78 is 0. The largest absolute Gasteiger partial charge is 0.480 e. The van der Waals surface area contributed by atoms with Crippen LogP contribution >= 0.6 is 11.8 Å². The van der Waals surface area contributed by atoms with E-state index in [1.54, 1.807) is 11.8 Å². The highest BCUT2D eigenvalue weighted by Crippen LogP contribution is 2.07. The van der Waals surface area contributed by atoms with Crippen molar-refractivity contribution in [3.63, 3.8) is 0 Å². The first-order valence-corrected chi connectivity index (χ1v) is 8.42. The van der Waals surface area contributed by atoms with Crippen LogP contribution in [0.15, 0.2) is 30.3 Å². The lowest BCUT2D eigenvalue weighted by molar-refractivity contribution is -0.141. The zero-order chi connectivity index (χ0) is 15.5. The molecule has 1 atom stereocenters. The Morgan fingerprint density at radius 1 is 1.29 bits per heavy atom. The zero-order valence-electron chi connectivity index (χ0n) is 12.4. The number of benzene rings is 1. The number of hydrogen-bond donors (Lipinski definition) is 2. The van der Waals surface area contributed by atoms with E-state index >= 15 is 0 Å². The average molecular weight is 309 g/mol. The Morgan fingerprint density at radius 3 is 2.62 bits per heavy atom. The molecule has 0 aromatic heterocycles. The average Bonchev–Trinajstić information content (AvgIpc) is 2.48. The number of hydrogen-bond acceptors (Lipinski definition) is 3. The zero-order valence-corrected chi connectivity index (χ0v) is 13.2. The third-order valence-corrected chi connectivity index (χ3v) is 4.12. The number of carbonyl (C=O) groups is 2. The monoisotopic (exact) mass is 309 g/mol. The molecule has 1 aromatic carbocycles. The normalized spacial score (nSPS) is 11.9. The van der Waals surface area contributed by atoms with E-state index < -0.39 is 12.0 Å². The Morgan fingerprint density at radius 2 is 2.00 bits per heavy atom. The van der Waals surface area contributed by atoms with Gasteiger partial charge in [0.2, 0.25) is 5.91 Å². The highest BCUT2D eigenvalue weighted by atomic mass is 32.2. The van der Waals surface area contributed by atoms with Gasteiger partial charge < -0.3 is 10.4 Å². The SMILES string of the molecule is CCCCSCC(=O)NC(CCc1ccccc1)C(=O)O. The van der Waals surface area contributed by atoms with Crippen molar-refractivity contribution in [3.8, 4) is 0 Å². The number of aryl methyl sites for hydroxylation is 1. The summed E-state index contributed by atoms with van der Waals surface area (Å²) in [6, 6.07) is 8.88. The molecule has 0 saturated heterocycles. The second-order valence-corrected chi connectivity index (χ2v) is 5.99. The van der Waals surface area contributed by atoms with Crippen LogP contribution in [0.3, 0.4) is 0 Å². The standard InChI is InChI=1S/C16H23NO3S/c1-2-3-11-21-12-15(18)17-14(16(19)20)10-9-13-7-5-4-6-8-13/h4-8,14H,2-3,9-12H2,1H3,(H,17,18)(H,19,20). The first-order valence-electron chi connectivity index (χ1n) is 7.27. The van der Waals surface area contributed by atoms with Gasteiger partial charge in [-0.05, 0) is 30.6 Å². The second kappa shape index (κ2) is 10.3. The molecule has 0 spiro atoms. The molecule has 1 unspecified atom stereocenters. The van der Waals surface area contributed by atoms with Crippen LogP contribution in [0, 0.1) is 0 Å². The van der Waals surface area contributed by atoms with Gasteiger partial charge >= 0.3 is 5.97 Å². The fourth-order valence-electron chi connectivity index (χ4n) is 1.86. The van der Waals surface area contributed by atoms with Gasteiger partial charge in [0.25, 0.3) is 0 Å². The van der Waals surface area contributed by atoms with Crippen LogP contribution in [0.1, 0.15) is 31.7 Å². The molecule has 4 nitrogen and oxygen atoms in total. The molecule has 116 valence electrons. The van der Waals surface area contributed by atoms with Gasteiger partial charge in [-0.15, -0.1) is 0 Å². The Balaban J connectivity index is 2.35. The molecule has 1 aromatic rings. The van der Waals surface area contributed by atoms with Gasteiger partial charge in [0, 0.05) is 0 Å². The molecule has 1 rings (SSSR count). The Bertz CT molecular complexity index is 436. The Kier molecular flexibility index (Phi) is 8.59. The Labute approximate surface area is 130 Å². The van der Waals surface area contributed by atoms with Gasteiger partial charge in [-0.1, -0.05) is 43.7 Å². The number of rotatable bonds is 10. The smallest absolute Gasteiger partial charge is 0.326 e. The molecule has 0 aliphatic heterocycles. The number of carbonyl (C=O) groups excluding carboxylic acids is 1. The summed E-state index contributed by atoms with van der Waals surface area (Å²) in [6.45, 7) is 2.10. The lowest BCUT2D eigenvalue weighted by Crippen LogP contribution is -2.42. The second-order valence-electron chi connectivity index (χ2n) is 4.89. The predicted molar refractivity (Wildman–Crippen MR) is 86.6 cm³/mol. The van der Waals surface area contributed by atoms with Gasteiger partial charge in [-0.3, -0.25) is 4.79 Å². The summed E-state index contributed by atoms with van der Waals surface area (Å²) in [5.74, 6) is 0.0928. The molecule has 1 amide bonds. The third-order valence-electron chi connectivity index (χ3n) is 3.07. The first-order chi connectivity index (χ1) is 10.1. The Hall–Kier alpha value is -1.49. The van der Waals surface area contributed by atoms with E-state index in [-0.39, 0.29) is 5.91 Å². The van der Waals surface area contributed by atoms with E-state index in [2.05, 4.69) is 12.2 Å². The molecule has 5 heteroatoms. The molecule has 0 saturated carbocycles. The van der Waals surface area contributed by atoms with Crippen molar-refractivity contribution in [1.82, 2.24) is 5.32 Å². The molecular weight excluding hydrogens is 286 g/mol. The highest BCUT2D eigenvalue weighted by Gasteiger charge is 2.19. The van der Waals surface area contributed by atoms with E-state index in [4.69, 9.17) is 0 Å². The van der Waals surface area contributed by atoms with Gasteiger partial charge in [-0.2, -0.15) is 11.8 Å². The number of carboxylic acid groups (broad SMARTS) is 1. The molecule has 2 N–H and O–H groups in total. The lowest BCUT2D eigenvalue weighted by Gasteiger charge is -2.14. The summed E-state index contributed by atoms with van der Waals surface area (Å²) in [7, 11) is 0. The maximum absolute atomic E-state index is 11.7. The van der Waals surface area contributed by atoms with Gasteiger partial charge in [0.15, 0.2) is 0 Å². The van der Waals surface area contributed by atoms with Crippen LogP contribution in [0.25, 0.3) is 0 Å². The van der Waals surface area contributed by atoms with Gasteiger partial charge in [-0.25, -0.2) is 4.79 Å². The molecular formula is C16H23NO3S. The minimum Gasteiger partial charge on any atom is -0.480 e. The summed E-state index contributed by atoms with van der Waals surface area (Å²) >= 11 is 1.55. The van der Waals surface area contributed by atoms with Crippen molar-refractivity contribution >= 4 is 23.6 Å². The van der Waals surface area contributed by atoms with Crippen LogP contribution in [-0.2, 0) is 16.0 Å². The molecule has 0 aliphatic carbocycles. The molecule has 0 aliphatic rings. The number of unbranched alkanes of at least 4 members (excludes halogenated alkanes) is 1. The molecule has 21 heavy (non-hydrogen) atoms. The van der Waals surface area contributed by atoms with Crippen LogP contribution in [0.5, 0.6) is 0 Å². The van der Waals surface area contributed by atoms with Crippen molar-refractivity contribution in [3.05, 3.63) is 35.9 Å². The van der Waals surface area contributed by atoms with E-state index in [9.17, 15) is 14.7 Å². The van der Waals surface area contributed by atoms with Crippen molar-refractivity contribution in [2.45, 2.75) is 38.6 Å². The number of carboxylic acids is 1. The lowest BCUT2D eigenvalue weighted by atomic mass is 10.1. The van der Waals surface area contributed by atoms with E-state index in [0.29, 0.717) is 18.6 Å². The van der Waals surface area contributed by atoms with Crippen molar-refractivity contribution in [2.75, 3.05) is 11.5 Å². The minimum atomic E-state index is -0.974. The number of aliphatic carboxylic acids is 1. The number of thioether (sulfide) groups is 1.